The molecule has 0 aliphatic heterocycles. The molecule has 0 saturated heterocycles. The molecule has 0 aromatic heterocycles. The molecule has 0 aliphatic carbocycles. The van der Waals surface area contributed by atoms with Crippen LogP contribution in [0.15, 0.2) is 30.3 Å². The lowest BCUT2D eigenvalue weighted by Crippen LogP contribution is -2.43. The third kappa shape index (κ3) is 7.66. The van der Waals surface area contributed by atoms with Crippen LogP contribution in [-0.4, -0.2) is 44.4 Å². The minimum atomic E-state index is -3.81. The first-order chi connectivity index (χ1) is 11.6. The summed E-state index contributed by atoms with van der Waals surface area (Å²) in [4.78, 5) is 22.6. The minimum absolute atomic E-state index is 0.152. The van der Waals surface area contributed by atoms with Gasteiger partial charge in [0.25, 0.3) is 0 Å². The summed E-state index contributed by atoms with van der Waals surface area (Å²) in [6.07, 6.45) is 0.370. The molecule has 0 radical (unpaired) electrons. The van der Waals surface area contributed by atoms with Crippen LogP contribution < -0.4 is 4.72 Å². The number of carboxylic acids is 1. The van der Waals surface area contributed by atoms with Crippen LogP contribution in [0.3, 0.4) is 0 Å². The summed E-state index contributed by atoms with van der Waals surface area (Å²) in [5.74, 6) is -2.06. The smallest absolute Gasteiger partial charge is 0.312 e. The van der Waals surface area contributed by atoms with Gasteiger partial charge in [-0.05, 0) is 32.3 Å². The minimum Gasteiger partial charge on any atom is -0.481 e. The van der Waals surface area contributed by atoms with E-state index in [1.165, 1.54) is 21.0 Å². The Bertz CT molecular complexity index is 684. The maximum Gasteiger partial charge on any atom is 0.312 e. The molecule has 0 fully saturated rings. The van der Waals surface area contributed by atoms with Crippen LogP contribution in [0, 0.1) is 5.41 Å². The van der Waals surface area contributed by atoms with Crippen molar-refractivity contribution in [1.29, 1.82) is 0 Å². The molecular weight excluding hydrogens is 346 g/mol. The Morgan fingerprint density at radius 2 is 1.84 bits per heavy atom. The van der Waals surface area contributed by atoms with Gasteiger partial charge in [-0.1, -0.05) is 30.3 Å². The third-order valence-electron chi connectivity index (χ3n) is 3.67. The largest absolute Gasteiger partial charge is 0.481 e. The molecule has 1 aromatic carbocycles. The highest BCUT2D eigenvalue weighted by molar-refractivity contribution is 7.89. The fraction of sp³-hybridized carbons (Fsp3) is 0.529. The number of benzene rings is 1. The molecule has 8 heteroatoms. The molecule has 25 heavy (non-hydrogen) atoms. The summed E-state index contributed by atoms with van der Waals surface area (Å²) in [5, 5.41) is 8.88. The zero-order valence-corrected chi connectivity index (χ0v) is 15.5. The molecule has 0 bridgehead atoms. The Morgan fingerprint density at radius 1 is 1.24 bits per heavy atom. The molecule has 1 rings (SSSR count). The van der Waals surface area contributed by atoms with E-state index in [2.05, 4.69) is 9.46 Å². The SMILES string of the molecule is COC(=O)C(C)(C)CS(=O)(=O)NC(CCC(=O)O)Cc1ccccc1. The van der Waals surface area contributed by atoms with Crippen molar-refractivity contribution in [3.8, 4) is 0 Å². The normalized spacial score (nSPS) is 13.2. The van der Waals surface area contributed by atoms with E-state index in [1.54, 1.807) is 0 Å². The maximum absolute atomic E-state index is 12.4. The van der Waals surface area contributed by atoms with Gasteiger partial charge in [0, 0.05) is 12.5 Å². The Morgan fingerprint density at radius 3 is 2.36 bits per heavy atom. The van der Waals surface area contributed by atoms with Crippen molar-refractivity contribution in [2.45, 2.75) is 39.2 Å². The van der Waals surface area contributed by atoms with Gasteiger partial charge in [-0.3, -0.25) is 9.59 Å². The number of hydrogen-bond acceptors (Lipinski definition) is 5. The topological polar surface area (TPSA) is 110 Å². The summed E-state index contributed by atoms with van der Waals surface area (Å²) in [6.45, 7) is 2.98. The quantitative estimate of drug-likeness (QED) is 0.604. The fourth-order valence-electron chi connectivity index (χ4n) is 2.50. The second-order valence-electron chi connectivity index (χ2n) is 6.57. The van der Waals surface area contributed by atoms with Crippen molar-refractivity contribution < 1.29 is 27.9 Å². The monoisotopic (exact) mass is 371 g/mol. The van der Waals surface area contributed by atoms with Gasteiger partial charge in [0.1, 0.15) is 0 Å². The lowest BCUT2D eigenvalue weighted by atomic mass is 9.97. The van der Waals surface area contributed by atoms with Gasteiger partial charge < -0.3 is 9.84 Å². The van der Waals surface area contributed by atoms with E-state index < -0.39 is 39.2 Å². The molecule has 0 heterocycles. The van der Waals surface area contributed by atoms with Gasteiger partial charge >= 0.3 is 11.9 Å². The molecule has 0 spiro atoms. The molecule has 7 nitrogen and oxygen atoms in total. The van der Waals surface area contributed by atoms with Crippen molar-refractivity contribution in [2.24, 2.45) is 5.41 Å². The van der Waals surface area contributed by atoms with Crippen LogP contribution in [-0.2, 0) is 30.8 Å². The van der Waals surface area contributed by atoms with Crippen LogP contribution >= 0.6 is 0 Å². The highest BCUT2D eigenvalue weighted by Crippen LogP contribution is 2.20. The van der Waals surface area contributed by atoms with Crippen LogP contribution in [0.2, 0.25) is 0 Å². The number of aliphatic carboxylic acids is 1. The average Bonchev–Trinajstić information content (AvgIpc) is 2.51. The van der Waals surface area contributed by atoms with Crippen LogP contribution in [0.5, 0.6) is 0 Å². The first kappa shape index (κ1) is 21.1. The number of rotatable bonds is 10. The van der Waals surface area contributed by atoms with Gasteiger partial charge in [0.15, 0.2) is 0 Å². The van der Waals surface area contributed by atoms with E-state index in [0.29, 0.717) is 6.42 Å². The first-order valence-electron chi connectivity index (χ1n) is 7.90. The number of esters is 1. The predicted molar refractivity (Wildman–Crippen MR) is 93.5 cm³/mol. The summed E-state index contributed by atoms with van der Waals surface area (Å²) in [5.41, 5.74) is -0.308. The number of carbonyl (C=O) groups is 2. The van der Waals surface area contributed by atoms with Crippen molar-refractivity contribution in [1.82, 2.24) is 4.72 Å². The molecular formula is C17H25NO6S. The second-order valence-corrected chi connectivity index (χ2v) is 8.33. The number of ether oxygens (including phenoxy) is 1. The van der Waals surface area contributed by atoms with E-state index in [9.17, 15) is 18.0 Å². The van der Waals surface area contributed by atoms with Crippen LogP contribution in [0.1, 0.15) is 32.3 Å². The first-order valence-corrected chi connectivity index (χ1v) is 9.55. The lowest BCUT2D eigenvalue weighted by Gasteiger charge is -2.24. The molecule has 1 aromatic rings. The van der Waals surface area contributed by atoms with Gasteiger partial charge in [0.2, 0.25) is 10.0 Å². The van der Waals surface area contributed by atoms with Crippen molar-refractivity contribution in [2.75, 3.05) is 12.9 Å². The highest BCUT2D eigenvalue weighted by Gasteiger charge is 2.35. The van der Waals surface area contributed by atoms with E-state index in [1.807, 2.05) is 30.3 Å². The third-order valence-corrected chi connectivity index (χ3v) is 5.46. The molecule has 1 atom stereocenters. The standard InChI is InChI=1S/C17H25NO6S/c1-17(2,16(21)24-3)12-25(22,23)18-14(9-10-15(19)20)11-13-7-5-4-6-8-13/h4-8,14,18H,9-12H2,1-3H3,(H,19,20). The molecule has 140 valence electrons. The number of sulfonamides is 1. The van der Waals surface area contributed by atoms with Crippen molar-refractivity contribution >= 4 is 22.0 Å². The fourth-order valence-corrected chi connectivity index (χ4v) is 4.37. The molecule has 0 saturated carbocycles. The number of carbonyl (C=O) groups excluding carboxylic acids is 1. The van der Waals surface area contributed by atoms with Crippen molar-refractivity contribution in [3.05, 3.63) is 35.9 Å². The lowest BCUT2D eigenvalue weighted by molar-refractivity contribution is -0.149. The van der Waals surface area contributed by atoms with E-state index in [0.717, 1.165) is 5.56 Å². The maximum atomic E-state index is 12.4. The van der Waals surface area contributed by atoms with Gasteiger partial charge in [-0.15, -0.1) is 0 Å². The van der Waals surface area contributed by atoms with E-state index in [4.69, 9.17) is 5.11 Å². The molecule has 0 aliphatic rings. The Hall–Kier alpha value is -1.93. The van der Waals surface area contributed by atoms with E-state index >= 15 is 0 Å². The Labute approximate surface area is 148 Å². The van der Waals surface area contributed by atoms with Crippen LogP contribution in [0.25, 0.3) is 0 Å². The van der Waals surface area contributed by atoms with Crippen LogP contribution in [0.4, 0.5) is 0 Å². The van der Waals surface area contributed by atoms with Crippen molar-refractivity contribution in [3.63, 3.8) is 0 Å². The van der Waals surface area contributed by atoms with Gasteiger partial charge in [-0.25, -0.2) is 13.1 Å². The number of hydrogen-bond donors (Lipinski definition) is 2. The number of methoxy groups -OCH3 is 1. The van der Waals surface area contributed by atoms with Gasteiger partial charge in [0.05, 0.1) is 18.3 Å². The summed E-state index contributed by atoms with van der Waals surface area (Å²) >= 11 is 0. The molecule has 0 amide bonds. The number of carboxylic acid groups (broad SMARTS) is 1. The molecule has 2 N–H and O–H groups in total. The van der Waals surface area contributed by atoms with Gasteiger partial charge in [-0.2, -0.15) is 0 Å². The Balaban J connectivity index is 2.87. The highest BCUT2D eigenvalue weighted by atomic mass is 32.2. The zero-order chi connectivity index (χ0) is 19.1. The summed E-state index contributed by atoms with van der Waals surface area (Å²) in [6, 6.07) is 8.63. The number of nitrogens with one attached hydrogen (secondary N) is 1. The second kappa shape index (κ2) is 8.96. The summed E-state index contributed by atoms with van der Waals surface area (Å²) < 4.78 is 32.1. The van der Waals surface area contributed by atoms with E-state index in [-0.39, 0.29) is 12.8 Å². The summed E-state index contributed by atoms with van der Waals surface area (Å²) in [7, 11) is -2.60. The predicted octanol–water partition coefficient (Wildman–Crippen LogP) is 1.58. The molecule has 1 unspecified atom stereocenters. The Kier molecular flexibility index (Phi) is 7.57. The average molecular weight is 371 g/mol. The zero-order valence-electron chi connectivity index (χ0n) is 14.7.